The number of hydrazine groups is 1. The van der Waals surface area contributed by atoms with Gasteiger partial charge in [0.15, 0.2) is 0 Å². The Kier molecular flexibility index (Phi) is 3.72. The highest BCUT2D eigenvalue weighted by Crippen LogP contribution is 2.29. The summed E-state index contributed by atoms with van der Waals surface area (Å²) in [6.07, 6.45) is 0. The van der Waals surface area contributed by atoms with E-state index in [1.54, 1.807) is 0 Å². The van der Waals surface area contributed by atoms with Crippen molar-refractivity contribution in [2.24, 2.45) is 5.84 Å². The monoisotopic (exact) mass is 343 g/mol. The van der Waals surface area contributed by atoms with Crippen LogP contribution in [0.15, 0.2) is 46.9 Å². The van der Waals surface area contributed by atoms with Crippen molar-refractivity contribution < 1.29 is 0 Å². The number of para-hydroxylation sites is 1. The van der Waals surface area contributed by atoms with E-state index in [0.717, 1.165) is 32.4 Å². The summed E-state index contributed by atoms with van der Waals surface area (Å²) in [4.78, 5) is 8.75. The van der Waals surface area contributed by atoms with E-state index in [4.69, 9.17) is 5.84 Å². The number of anilines is 3. The lowest BCUT2D eigenvalue weighted by Crippen LogP contribution is -2.11. The second kappa shape index (κ2) is 5.67. The molecule has 0 atom stereocenters. The Morgan fingerprint density at radius 3 is 2.67 bits per heavy atom. The quantitative estimate of drug-likeness (QED) is 0.499. The number of nitrogens with zero attached hydrogens (tertiary/aromatic N) is 2. The number of nitrogens with one attached hydrogen (secondary N) is 2. The van der Waals surface area contributed by atoms with Gasteiger partial charge in [0.1, 0.15) is 5.82 Å². The number of fused-ring (bicyclic) bond motifs is 1. The van der Waals surface area contributed by atoms with Crippen LogP contribution in [-0.4, -0.2) is 9.97 Å². The van der Waals surface area contributed by atoms with Crippen LogP contribution in [0.3, 0.4) is 0 Å². The van der Waals surface area contributed by atoms with Crippen molar-refractivity contribution in [2.45, 2.75) is 6.92 Å². The summed E-state index contributed by atoms with van der Waals surface area (Å²) < 4.78 is 1.04. The van der Waals surface area contributed by atoms with Crippen molar-refractivity contribution in [3.05, 3.63) is 52.5 Å². The SMILES string of the molecule is Cc1c(Br)cccc1Nc1nc(NN)nc2ccccc12. The molecule has 1 heterocycles. The largest absolute Gasteiger partial charge is 0.339 e. The first-order valence-electron chi connectivity index (χ1n) is 6.44. The number of nitrogen functional groups attached to an aromatic ring is 1. The fourth-order valence-electron chi connectivity index (χ4n) is 2.11. The molecule has 4 N–H and O–H groups in total. The third kappa shape index (κ3) is 2.68. The molecule has 0 saturated carbocycles. The van der Waals surface area contributed by atoms with Crippen LogP contribution in [-0.2, 0) is 0 Å². The van der Waals surface area contributed by atoms with Crippen LogP contribution in [0.5, 0.6) is 0 Å². The lowest BCUT2D eigenvalue weighted by Gasteiger charge is -2.13. The molecule has 1 aromatic heterocycles. The molecule has 106 valence electrons. The van der Waals surface area contributed by atoms with Crippen LogP contribution in [0, 0.1) is 6.92 Å². The first kappa shape index (κ1) is 13.8. The molecule has 2 aromatic carbocycles. The third-order valence-electron chi connectivity index (χ3n) is 3.25. The predicted octanol–water partition coefficient (Wildman–Crippen LogP) is 3.73. The van der Waals surface area contributed by atoms with Crippen molar-refractivity contribution in [2.75, 3.05) is 10.7 Å². The van der Waals surface area contributed by atoms with E-state index in [-0.39, 0.29) is 0 Å². The zero-order chi connectivity index (χ0) is 14.8. The molecule has 0 fully saturated rings. The van der Waals surface area contributed by atoms with Gasteiger partial charge >= 0.3 is 0 Å². The van der Waals surface area contributed by atoms with Gasteiger partial charge in [0, 0.05) is 15.5 Å². The van der Waals surface area contributed by atoms with Crippen LogP contribution in [0.25, 0.3) is 10.9 Å². The molecule has 0 spiro atoms. The van der Waals surface area contributed by atoms with Gasteiger partial charge in [-0.05, 0) is 36.8 Å². The average Bonchev–Trinajstić information content (AvgIpc) is 2.51. The van der Waals surface area contributed by atoms with Crippen LogP contribution >= 0.6 is 15.9 Å². The van der Waals surface area contributed by atoms with Gasteiger partial charge in [-0.15, -0.1) is 0 Å². The highest BCUT2D eigenvalue weighted by molar-refractivity contribution is 9.10. The van der Waals surface area contributed by atoms with Crippen molar-refractivity contribution in [1.82, 2.24) is 9.97 Å². The van der Waals surface area contributed by atoms with Gasteiger partial charge in [-0.25, -0.2) is 10.8 Å². The molecule has 3 rings (SSSR count). The number of benzene rings is 2. The van der Waals surface area contributed by atoms with E-state index in [1.807, 2.05) is 49.4 Å². The van der Waals surface area contributed by atoms with Crippen LogP contribution in [0.1, 0.15) is 5.56 Å². The van der Waals surface area contributed by atoms with Gasteiger partial charge < -0.3 is 5.32 Å². The molecular weight excluding hydrogens is 330 g/mol. The predicted molar refractivity (Wildman–Crippen MR) is 89.5 cm³/mol. The molecule has 0 radical (unpaired) electrons. The third-order valence-corrected chi connectivity index (χ3v) is 4.11. The lowest BCUT2D eigenvalue weighted by atomic mass is 10.2. The van der Waals surface area contributed by atoms with Gasteiger partial charge in [0.05, 0.1) is 5.52 Å². The number of nitrogens with two attached hydrogens (primary N) is 1. The van der Waals surface area contributed by atoms with Gasteiger partial charge in [0.2, 0.25) is 5.95 Å². The zero-order valence-corrected chi connectivity index (χ0v) is 13.0. The first-order valence-corrected chi connectivity index (χ1v) is 7.24. The Balaban J connectivity index is 2.13. The Morgan fingerprint density at radius 1 is 1.05 bits per heavy atom. The summed E-state index contributed by atoms with van der Waals surface area (Å²) in [6, 6.07) is 13.8. The fraction of sp³-hybridized carbons (Fsp3) is 0.0667. The van der Waals surface area contributed by atoms with Crippen molar-refractivity contribution in [1.29, 1.82) is 0 Å². The Morgan fingerprint density at radius 2 is 1.86 bits per heavy atom. The summed E-state index contributed by atoms with van der Waals surface area (Å²) in [6.45, 7) is 2.04. The Hall–Kier alpha value is -2.18. The van der Waals surface area contributed by atoms with E-state index in [1.165, 1.54) is 0 Å². The molecule has 0 amide bonds. The lowest BCUT2D eigenvalue weighted by molar-refractivity contribution is 1.15. The summed E-state index contributed by atoms with van der Waals surface area (Å²) in [5, 5.41) is 4.29. The number of aromatic nitrogens is 2. The second-order valence-corrected chi connectivity index (χ2v) is 5.45. The van der Waals surface area contributed by atoms with E-state index in [9.17, 15) is 0 Å². The normalized spacial score (nSPS) is 10.6. The minimum Gasteiger partial charge on any atom is -0.339 e. The van der Waals surface area contributed by atoms with E-state index in [0.29, 0.717) is 5.95 Å². The van der Waals surface area contributed by atoms with E-state index < -0.39 is 0 Å². The van der Waals surface area contributed by atoms with Gasteiger partial charge in [-0.2, -0.15) is 4.98 Å². The van der Waals surface area contributed by atoms with E-state index in [2.05, 4.69) is 36.6 Å². The first-order chi connectivity index (χ1) is 10.2. The van der Waals surface area contributed by atoms with Crippen molar-refractivity contribution >= 4 is 44.3 Å². The fourth-order valence-corrected chi connectivity index (χ4v) is 2.47. The van der Waals surface area contributed by atoms with Crippen LogP contribution in [0.4, 0.5) is 17.5 Å². The van der Waals surface area contributed by atoms with Gasteiger partial charge in [0.25, 0.3) is 0 Å². The molecule has 0 aliphatic rings. The molecule has 0 aliphatic carbocycles. The minimum absolute atomic E-state index is 0.379. The topological polar surface area (TPSA) is 75.9 Å². The standard InChI is InChI=1S/C15H14BrN5/c1-9-11(16)6-4-8-12(9)18-14-10-5-2-3-7-13(10)19-15(20-14)21-17/h2-8H,17H2,1H3,(H2,18,19,20,21). The minimum atomic E-state index is 0.379. The zero-order valence-electron chi connectivity index (χ0n) is 11.4. The number of halogens is 1. The van der Waals surface area contributed by atoms with Crippen LogP contribution in [0.2, 0.25) is 0 Å². The highest BCUT2D eigenvalue weighted by Gasteiger charge is 2.09. The molecule has 0 bridgehead atoms. The summed E-state index contributed by atoms with van der Waals surface area (Å²) >= 11 is 3.53. The molecular formula is C15H14BrN5. The molecule has 21 heavy (non-hydrogen) atoms. The summed E-state index contributed by atoms with van der Waals surface area (Å²) in [5.74, 6) is 6.54. The number of hydrogen-bond donors (Lipinski definition) is 3. The number of hydrogen-bond acceptors (Lipinski definition) is 5. The second-order valence-electron chi connectivity index (χ2n) is 4.59. The van der Waals surface area contributed by atoms with Crippen molar-refractivity contribution in [3.63, 3.8) is 0 Å². The highest BCUT2D eigenvalue weighted by atomic mass is 79.9. The number of rotatable bonds is 3. The maximum Gasteiger partial charge on any atom is 0.239 e. The summed E-state index contributed by atoms with van der Waals surface area (Å²) in [5.41, 5.74) is 5.43. The maximum atomic E-state index is 5.45. The Labute approximate surface area is 130 Å². The van der Waals surface area contributed by atoms with Crippen LogP contribution < -0.4 is 16.6 Å². The van der Waals surface area contributed by atoms with Crippen molar-refractivity contribution in [3.8, 4) is 0 Å². The molecule has 0 saturated heterocycles. The molecule has 6 heteroatoms. The summed E-state index contributed by atoms with van der Waals surface area (Å²) in [7, 11) is 0. The molecule has 5 nitrogen and oxygen atoms in total. The Bertz CT molecular complexity index is 803. The van der Waals surface area contributed by atoms with Gasteiger partial charge in [-0.1, -0.05) is 34.1 Å². The van der Waals surface area contributed by atoms with Gasteiger partial charge in [-0.3, -0.25) is 5.43 Å². The smallest absolute Gasteiger partial charge is 0.239 e. The molecule has 3 aromatic rings. The maximum absolute atomic E-state index is 5.45. The average molecular weight is 344 g/mol. The molecule has 0 unspecified atom stereocenters. The molecule has 0 aliphatic heterocycles. The van der Waals surface area contributed by atoms with E-state index >= 15 is 0 Å².